The van der Waals surface area contributed by atoms with Crippen molar-refractivity contribution in [2.75, 3.05) is 6.61 Å². The second-order valence-electron chi connectivity index (χ2n) is 7.02. The highest BCUT2D eigenvalue weighted by atomic mass is 35.5. The Morgan fingerprint density at radius 1 is 1.27 bits per heavy atom. The van der Waals surface area contributed by atoms with Crippen LogP contribution < -0.4 is 0 Å². The van der Waals surface area contributed by atoms with Gasteiger partial charge in [-0.15, -0.1) is 22.9 Å². The van der Waals surface area contributed by atoms with Crippen LogP contribution in [0.5, 0.6) is 0 Å². The van der Waals surface area contributed by atoms with E-state index in [1.807, 2.05) is 6.07 Å². The Kier molecular flexibility index (Phi) is 9.12. The van der Waals surface area contributed by atoms with Gasteiger partial charge < -0.3 is 15.3 Å². The molecule has 0 radical (unpaired) electrons. The molecule has 0 spiro atoms. The summed E-state index contributed by atoms with van der Waals surface area (Å²) in [6.07, 6.45) is 11.2. The predicted molar refractivity (Wildman–Crippen MR) is 106 cm³/mol. The third-order valence-corrected chi connectivity index (χ3v) is 6.73. The van der Waals surface area contributed by atoms with Crippen LogP contribution in [0.15, 0.2) is 24.3 Å². The highest BCUT2D eigenvalue weighted by Crippen LogP contribution is 2.40. The summed E-state index contributed by atoms with van der Waals surface area (Å²) >= 11 is 7.82. The lowest BCUT2D eigenvalue weighted by Gasteiger charge is -2.20. The summed E-state index contributed by atoms with van der Waals surface area (Å²) in [6.45, 7) is 0.249. The third kappa shape index (κ3) is 6.38. The Balaban J connectivity index is 1.80. The van der Waals surface area contributed by atoms with Gasteiger partial charge in [0.05, 0.1) is 6.10 Å². The van der Waals surface area contributed by atoms with Crippen LogP contribution in [0.2, 0.25) is 0 Å². The SMILES string of the molecule is O=C(O)c1ccc(CCC[C@H]2C(Cl)C[C@@H](O)C2C=CCCCCCO)s1. The van der Waals surface area contributed by atoms with E-state index in [0.717, 1.165) is 49.8 Å². The number of aryl methyl sites for hydroxylation is 1. The number of halogens is 1. The van der Waals surface area contributed by atoms with E-state index in [1.165, 1.54) is 11.3 Å². The fourth-order valence-electron chi connectivity index (χ4n) is 3.68. The van der Waals surface area contributed by atoms with Crippen LogP contribution in [0.4, 0.5) is 0 Å². The molecule has 2 unspecified atom stereocenters. The first-order chi connectivity index (χ1) is 12.5. The van der Waals surface area contributed by atoms with E-state index in [4.69, 9.17) is 21.8 Å². The number of aliphatic hydroxyl groups is 2. The quantitative estimate of drug-likeness (QED) is 0.290. The topological polar surface area (TPSA) is 77.8 Å². The molecule has 0 saturated heterocycles. The van der Waals surface area contributed by atoms with Crippen molar-refractivity contribution in [3.05, 3.63) is 34.0 Å². The zero-order valence-corrected chi connectivity index (χ0v) is 16.6. The Labute approximate surface area is 164 Å². The van der Waals surface area contributed by atoms with Gasteiger partial charge in [-0.3, -0.25) is 0 Å². The molecule has 1 aromatic rings. The fraction of sp³-hybridized carbons (Fsp3) is 0.650. The van der Waals surface area contributed by atoms with Gasteiger partial charge in [-0.1, -0.05) is 18.6 Å². The summed E-state index contributed by atoms with van der Waals surface area (Å²) in [5.74, 6) is -0.502. The highest BCUT2D eigenvalue weighted by molar-refractivity contribution is 7.13. The molecule has 1 fully saturated rings. The van der Waals surface area contributed by atoms with Gasteiger partial charge in [0.25, 0.3) is 0 Å². The highest BCUT2D eigenvalue weighted by Gasteiger charge is 2.39. The number of carbonyl (C=O) groups is 1. The van der Waals surface area contributed by atoms with E-state index in [-0.39, 0.29) is 29.9 Å². The van der Waals surface area contributed by atoms with Gasteiger partial charge >= 0.3 is 5.97 Å². The second-order valence-corrected chi connectivity index (χ2v) is 8.75. The maximum Gasteiger partial charge on any atom is 0.345 e. The number of unbranched alkanes of at least 4 members (excludes halogenated alkanes) is 3. The number of hydrogen-bond donors (Lipinski definition) is 3. The molecule has 6 heteroatoms. The van der Waals surface area contributed by atoms with E-state index < -0.39 is 5.97 Å². The van der Waals surface area contributed by atoms with Crippen molar-refractivity contribution >= 4 is 28.9 Å². The predicted octanol–water partition coefficient (Wildman–Crippen LogP) is 4.48. The Bertz CT molecular complexity index is 586. The Morgan fingerprint density at radius 3 is 2.77 bits per heavy atom. The van der Waals surface area contributed by atoms with Crippen molar-refractivity contribution in [2.45, 2.75) is 62.8 Å². The van der Waals surface area contributed by atoms with Gasteiger partial charge in [0.1, 0.15) is 4.88 Å². The lowest BCUT2D eigenvalue weighted by atomic mass is 9.89. The molecule has 0 amide bonds. The molecule has 4 atom stereocenters. The first-order valence-corrected chi connectivity index (χ1v) is 10.7. The van der Waals surface area contributed by atoms with Crippen molar-refractivity contribution in [3.63, 3.8) is 0 Å². The number of aromatic carboxylic acids is 1. The summed E-state index contributed by atoms with van der Waals surface area (Å²) in [7, 11) is 0. The van der Waals surface area contributed by atoms with Crippen LogP contribution >= 0.6 is 22.9 Å². The number of carboxylic acid groups (broad SMARTS) is 1. The molecule has 1 aliphatic rings. The van der Waals surface area contributed by atoms with Crippen LogP contribution in [-0.2, 0) is 6.42 Å². The molecule has 4 nitrogen and oxygen atoms in total. The molecule has 3 N–H and O–H groups in total. The molecular weight excluding hydrogens is 372 g/mol. The molecule has 1 saturated carbocycles. The molecule has 0 aliphatic heterocycles. The minimum Gasteiger partial charge on any atom is -0.477 e. The number of alkyl halides is 1. The minimum absolute atomic E-state index is 0.00745. The summed E-state index contributed by atoms with van der Waals surface area (Å²) in [5.41, 5.74) is 0. The molecular formula is C20H29ClO4S. The first kappa shape index (κ1) is 21.4. The van der Waals surface area contributed by atoms with Gasteiger partial charge in [0.2, 0.25) is 0 Å². The molecule has 26 heavy (non-hydrogen) atoms. The van der Waals surface area contributed by atoms with Crippen molar-refractivity contribution in [2.24, 2.45) is 11.8 Å². The van der Waals surface area contributed by atoms with Crippen LogP contribution in [-0.4, -0.2) is 39.4 Å². The van der Waals surface area contributed by atoms with E-state index >= 15 is 0 Å². The number of allylic oxidation sites excluding steroid dienone is 1. The summed E-state index contributed by atoms with van der Waals surface area (Å²) in [5, 5.41) is 28.1. The molecule has 2 rings (SSSR count). The third-order valence-electron chi connectivity index (χ3n) is 5.09. The van der Waals surface area contributed by atoms with Crippen molar-refractivity contribution < 1.29 is 20.1 Å². The monoisotopic (exact) mass is 400 g/mol. The van der Waals surface area contributed by atoms with Gasteiger partial charge in [-0.05, 0) is 63.0 Å². The molecule has 1 aliphatic carbocycles. The number of thiophene rings is 1. The maximum absolute atomic E-state index is 10.9. The zero-order chi connectivity index (χ0) is 18.9. The minimum atomic E-state index is -0.870. The number of rotatable bonds is 11. The molecule has 146 valence electrons. The van der Waals surface area contributed by atoms with Crippen LogP contribution in [0.3, 0.4) is 0 Å². The Morgan fingerprint density at radius 2 is 2.08 bits per heavy atom. The van der Waals surface area contributed by atoms with Crippen LogP contribution in [0.25, 0.3) is 0 Å². The average molecular weight is 401 g/mol. The lowest BCUT2D eigenvalue weighted by molar-refractivity contribution is 0.0702. The fourth-order valence-corrected chi connectivity index (χ4v) is 5.04. The van der Waals surface area contributed by atoms with Crippen molar-refractivity contribution in [1.29, 1.82) is 0 Å². The zero-order valence-electron chi connectivity index (χ0n) is 15.0. The maximum atomic E-state index is 10.9. The standard InChI is InChI=1S/C20H29ClO4S/c21-17-13-18(23)16(8-4-2-1-3-5-12-22)15(17)9-6-7-14-10-11-19(26-14)20(24)25/h4,8,10-11,15-18,22-23H,1-3,5-7,9,12-13H2,(H,24,25)/t15-,16?,17?,18-/m1/s1. The Hall–Kier alpha value is -0.880. The summed E-state index contributed by atoms with van der Waals surface area (Å²) in [6, 6.07) is 3.55. The summed E-state index contributed by atoms with van der Waals surface area (Å²) < 4.78 is 0. The van der Waals surface area contributed by atoms with Gasteiger partial charge in [0, 0.05) is 22.8 Å². The van der Waals surface area contributed by atoms with Gasteiger partial charge in [-0.25, -0.2) is 4.79 Å². The van der Waals surface area contributed by atoms with Crippen molar-refractivity contribution in [1.82, 2.24) is 0 Å². The van der Waals surface area contributed by atoms with Gasteiger partial charge in [0.15, 0.2) is 0 Å². The molecule has 0 aromatic carbocycles. The molecule has 1 aromatic heterocycles. The average Bonchev–Trinajstić information content (AvgIpc) is 3.17. The van der Waals surface area contributed by atoms with Crippen LogP contribution in [0, 0.1) is 11.8 Å². The largest absolute Gasteiger partial charge is 0.477 e. The van der Waals surface area contributed by atoms with Gasteiger partial charge in [-0.2, -0.15) is 0 Å². The molecule has 0 bridgehead atoms. The first-order valence-electron chi connectivity index (χ1n) is 9.44. The van der Waals surface area contributed by atoms with E-state index in [9.17, 15) is 9.90 Å². The smallest absolute Gasteiger partial charge is 0.345 e. The summed E-state index contributed by atoms with van der Waals surface area (Å²) in [4.78, 5) is 12.4. The second kappa shape index (κ2) is 11.1. The lowest BCUT2D eigenvalue weighted by Crippen LogP contribution is -2.18. The number of aliphatic hydroxyl groups excluding tert-OH is 2. The van der Waals surface area contributed by atoms with E-state index in [1.54, 1.807) is 6.07 Å². The van der Waals surface area contributed by atoms with Crippen molar-refractivity contribution in [3.8, 4) is 0 Å². The van der Waals surface area contributed by atoms with Crippen LogP contribution in [0.1, 0.15) is 59.5 Å². The van der Waals surface area contributed by atoms with E-state index in [0.29, 0.717) is 11.3 Å². The molecule has 1 heterocycles. The van der Waals surface area contributed by atoms with E-state index in [2.05, 4.69) is 12.2 Å². The number of carboxylic acids is 1. The normalized spacial score (nSPS) is 26.0. The number of hydrogen-bond acceptors (Lipinski definition) is 4.